The Morgan fingerprint density at radius 1 is 0.886 bits per heavy atom. The summed E-state index contributed by atoms with van der Waals surface area (Å²) in [7, 11) is -3.62. The molecule has 182 valence electrons. The lowest BCUT2D eigenvalue weighted by Crippen LogP contribution is -2.49. The molecule has 0 atom stereocenters. The van der Waals surface area contributed by atoms with E-state index in [0.29, 0.717) is 32.7 Å². The second kappa shape index (κ2) is 9.39. The first kappa shape index (κ1) is 23.4. The van der Waals surface area contributed by atoms with Crippen LogP contribution in [0.4, 0.5) is 11.5 Å². The Bertz CT molecular complexity index is 1330. The van der Waals surface area contributed by atoms with E-state index in [1.807, 2.05) is 43.3 Å². The van der Waals surface area contributed by atoms with Crippen molar-refractivity contribution in [3.63, 3.8) is 0 Å². The lowest BCUT2D eigenvalue weighted by atomic mass is 10.0. The molecular formula is C26H29N5O3S. The highest BCUT2D eigenvalue weighted by molar-refractivity contribution is 7.89. The van der Waals surface area contributed by atoms with E-state index in [2.05, 4.69) is 15.1 Å². The average Bonchev–Trinajstić information content (AvgIpc) is 2.88. The molecule has 0 saturated carbocycles. The van der Waals surface area contributed by atoms with Crippen molar-refractivity contribution < 1.29 is 13.2 Å². The molecule has 1 saturated heterocycles. The van der Waals surface area contributed by atoms with Crippen LogP contribution in [-0.4, -0.2) is 61.6 Å². The number of aromatic nitrogens is 2. The van der Waals surface area contributed by atoms with E-state index < -0.39 is 10.0 Å². The molecule has 9 heteroatoms. The first-order valence-corrected chi connectivity index (χ1v) is 13.3. The van der Waals surface area contributed by atoms with Crippen LogP contribution in [0.3, 0.4) is 0 Å². The molecule has 0 unspecified atom stereocenters. The van der Waals surface area contributed by atoms with Crippen LogP contribution in [-0.2, 0) is 21.2 Å². The van der Waals surface area contributed by atoms with Crippen LogP contribution in [0.25, 0.3) is 11.3 Å². The summed E-state index contributed by atoms with van der Waals surface area (Å²) in [5.41, 5.74) is 4.75. The van der Waals surface area contributed by atoms with E-state index in [1.54, 1.807) is 30.0 Å². The third kappa shape index (κ3) is 4.66. The zero-order chi connectivity index (χ0) is 24.6. The number of amides is 1. The number of carbonyl (C=O) groups excluding carboxylic acids is 1. The topological polar surface area (TPSA) is 86.7 Å². The molecule has 1 amide bonds. The number of rotatable bonds is 4. The molecule has 0 radical (unpaired) electrons. The Hall–Kier alpha value is -3.30. The van der Waals surface area contributed by atoms with Crippen molar-refractivity contribution in [1.82, 2.24) is 14.5 Å². The van der Waals surface area contributed by atoms with Crippen LogP contribution in [0.2, 0.25) is 0 Å². The summed E-state index contributed by atoms with van der Waals surface area (Å²) in [5, 5.41) is 8.77. The Kier molecular flexibility index (Phi) is 6.29. The minimum atomic E-state index is -3.62. The van der Waals surface area contributed by atoms with E-state index in [0.717, 1.165) is 41.2 Å². The number of carbonyl (C=O) groups is 1. The Morgan fingerprint density at radius 3 is 2.29 bits per heavy atom. The predicted octanol–water partition coefficient (Wildman–Crippen LogP) is 3.26. The molecule has 3 heterocycles. The highest BCUT2D eigenvalue weighted by Crippen LogP contribution is 2.31. The van der Waals surface area contributed by atoms with Gasteiger partial charge in [-0.05, 0) is 55.7 Å². The molecule has 2 aliphatic heterocycles. The molecule has 5 rings (SSSR count). The number of aryl methyl sites for hydroxylation is 2. The quantitative estimate of drug-likeness (QED) is 0.557. The van der Waals surface area contributed by atoms with Gasteiger partial charge in [0.05, 0.1) is 10.6 Å². The number of nitrogens with zero attached hydrogens (tertiary/aromatic N) is 5. The molecule has 3 aromatic rings. The lowest BCUT2D eigenvalue weighted by molar-refractivity contribution is -0.116. The van der Waals surface area contributed by atoms with Crippen molar-refractivity contribution in [3.8, 4) is 11.3 Å². The molecule has 2 aromatic carbocycles. The number of fused-ring (bicyclic) bond motifs is 1. The first-order valence-electron chi connectivity index (χ1n) is 11.9. The number of hydrogen-bond acceptors (Lipinski definition) is 6. The van der Waals surface area contributed by atoms with Crippen LogP contribution < -0.4 is 9.80 Å². The maximum Gasteiger partial charge on any atom is 0.243 e. The second-order valence-corrected chi connectivity index (χ2v) is 11.0. The fourth-order valence-electron chi connectivity index (χ4n) is 4.74. The van der Waals surface area contributed by atoms with Gasteiger partial charge in [0.25, 0.3) is 0 Å². The van der Waals surface area contributed by atoms with E-state index in [4.69, 9.17) is 0 Å². The van der Waals surface area contributed by atoms with Gasteiger partial charge in [-0.2, -0.15) is 4.31 Å². The third-order valence-electron chi connectivity index (χ3n) is 6.75. The van der Waals surface area contributed by atoms with Gasteiger partial charge in [0.1, 0.15) is 0 Å². The van der Waals surface area contributed by atoms with E-state index in [9.17, 15) is 13.2 Å². The molecule has 0 aliphatic carbocycles. The Balaban J connectivity index is 1.27. The molecule has 2 aliphatic rings. The minimum absolute atomic E-state index is 0.0207. The summed E-state index contributed by atoms with van der Waals surface area (Å²) >= 11 is 0. The largest absolute Gasteiger partial charge is 0.352 e. The maximum absolute atomic E-state index is 13.4. The molecule has 1 fully saturated rings. The van der Waals surface area contributed by atoms with Crippen molar-refractivity contribution >= 4 is 27.4 Å². The molecule has 0 N–H and O–H groups in total. The van der Waals surface area contributed by atoms with Crippen LogP contribution in [0, 0.1) is 6.92 Å². The number of benzene rings is 2. The van der Waals surface area contributed by atoms with Gasteiger partial charge in [-0.15, -0.1) is 10.2 Å². The van der Waals surface area contributed by atoms with Crippen molar-refractivity contribution in [3.05, 3.63) is 65.7 Å². The van der Waals surface area contributed by atoms with Crippen LogP contribution in [0.1, 0.15) is 24.5 Å². The fraction of sp³-hybridized carbons (Fsp3) is 0.346. The normalized spacial score (nSPS) is 16.7. The zero-order valence-electron chi connectivity index (χ0n) is 20.0. The van der Waals surface area contributed by atoms with Gasteiger partial charge in [-0.1, -0.05) is 29.8 Å². The van der Waals surface area contributed by atoms with Gasteiger partial charge in [-0.3, -0.25) is 4.79 Å². The summed E-state index contributed by atoms with van der Waals surface area (Å²) in [6, 6.07) is 17.2. The average molecular weight is 492 g/mol. The van der Waals surface area contributed by atoms with Crippen LogP contribution in [0.5, 0.6) is 0 Å². The molecule has 0 bridgehead atoms. The second-order valence-electron chi connectivity index (χ2n) is 9.10. The van der Waals surface area contributed by atoms with Gasteiger partial charge in [0.2, 0.25) is 15.9 Å². The molecule has 35 heavy (non-hydrogen) atoms. The van der Waals surface area contributed by atoms with Crippen LogP contribution in [0.15, 0.2) is 59.5 Å². The highest BCUT2D eigenvalue weighted by atomic mass is 32.2. The van der Waals surface area contributed by atoms with Crippen molar-refractivity contribution in [2.75, 3.05) is 42.5 Å². The van der Waals surface area contributed by atoms with Gasteiger partial charge in [0.15, 0.2) is 5.82 Å². The summed E-state index contributed by atoms with van der Waals surface area (Å²) in [4.78, 5) is 16.0. The van der Waals surface area contributed by atoms with Crippen molar-refractivity contribution in [2.24, 2.45) is 0 Å². The smallest absolute Gasteiger partial charge is 0.243 e. The van der Waals surface area contributed by atoms with Crippen molar-refractivity contribution in [2.45, 2.75) is 31.6 Å². The monoisotopic (exact) mass is 491 g/mol. The number of hydrogen-bond donors (Lipinski definition) is 0. The third-order valence-corrected chi connectivity index (χ3v) is 8.64. The van der Waals surface area contributed by atoms with Crippen molar-refractivity contribution in [1.29, 1.82) is 0 Å². The van der Waals surface area contributed by atoms with E-state index in [1.165, 1.54) is 9.87 Å². The Labute approximate surface area is 206 Å². The molecule has 0 spiro atoms. The van der Waals surface area contributed by atoms with Gasteiger partial charge < -0.3 is 9.80 Å². The van der Waals surface area contributed by atoms with Crippen LogP contribution >= 0.6 is 0 Å². The zero-order valence-corrected chi connectivity index (χ0v) is 20.8. The molecule has 1 aromatic heterocycles. The highest BCUT2D eigenvalue weighted by Gasteiger charge is 2.30. The number of piperazine rings is 1. The first-order chi connectivity index (χ1) is 16.8. The predicted molar refractivity (Wildman–Crippen MR) is 136 cm³/mol. The Morgan fingerprint density at radius 2 is 1.63 bits per heavy atom. The summed E-state index contributed by atoms with van der Waals surface area (Å²) in [6.45, 7) is 6.10. The minimum Gasteiger partial charge on any atom is -0.352 e. The summed E-state index contributed by atoms with van der Waals surface area (Å²) in [5.74, 6) is 0.726. The summed E-state index contributed by atoms with van der Waals surface area (Å²) < 4.78 is 28.2. The van der Waals surface area contributed by atoms with E-state index in [-0.39, 0.29) is 10.8 Å². The SMILES string of the molecule is CC(=O)N1CCCc2cc(S(=O)(=O)N3CCN(c4ccc(-c5ccc(C)cc5)nn4)CC3)ccc21. The maximum atomic E-state index is 13.4. The summed E-state index contributed by atoms with van der Waals surface area (Å²) in [6.07, 6.45) is 1.60. The molecular weight excluding hydrogens is 462 g/mol. The van der Waals surface area contributed by atoms with Gasteiger partial charge >= 0.3 is 0 Å². The van der Waals surface area contributed by atoms with E-state index >= 15 is 0 Å². The number of sulfonamides is 1. The molecule has 8 nitrogen and oxygen atoms in total. The number of anilines is 2. The van der Waals surface area contributed by atoms with Gasteiger partial charge in [0, 0.05) is 50.9 Å². The fourth-order valence-corrected chi connectivity index (χ4v) is 6.21. The van der Waals surface area contributed by atoms with Gasteiger partial charge in [-0.25, -0.2) is 8.42 Å². The lowest BCUT2D eigenvalue weighted by Gasteiger charge is -2.35. The standard InChI is InChI=1S/C26H29N5O3S/c1-19-5-7-21(8-6-19)24-10-12-26(28-27-24)29-14-16-30(17-15-29)35(33,34)23-9-11-25-22(18-23)4-3-13-31(25)20(2)32/h5-12,18H,3-4,13-17H2,1-2H3.